The van der Waals surface area contributed by atoms with E-state index < -0.39 is 5.60 Å². The average Bonchev–Trinajstić information content (AvgIpc) is 3.27. The number of aryl methyl sites for hydroxylation is 1. The van der Waals surface area contributed by atoms with E-state index in [2.05, 4.69) is 10.4 Å². The van der Waals surface area contributed by atoms with Gasteiger partial charge < -0.3 is 15.0 Å². The molecule has 9 heteroatoms. The van der Waals surface area contributed by atoms with E-state index in [-0.39, 0.29) is 17.9 Å². The second kappa shape index (κ2) is 10.8. The molecule has 0 aliphatic carbocycles. The molecule has 196 valence electrons. The van der Waals surface area contributed by atoms with Gasteiger partial charge in [-0.05, 0) is 82.9 Å². The number of hydrogen-bond acceptors (Lipinski definition) is 4. The van der Waals surface area contributed by atoms with Gasteiger partial charge in [0.15, 0.2) is 0 Å². The van der Waals surface area contributed by atoms with E-state index in [1.165, 1.54) is 0 Å². The number of anilines is 1. The summed E-state index contributed by atoms with van der Waals surface area (Å²) in [4.78, 5) is 27.8. The molecule has 1 aliphatic rings. The summed E-state index contributed by atoms with van der Waals surface area (Å²) in [5, 5.41) is 8.79. The fourth-order valence-electron chi connectivity index (χ4n) is 4.47. The zero-order chi connectivity index (χ0) is 26.9. The highest BCUT2D eigenvalue weighted by Crippen LogP contribution is 2.34. The Morgan fingerprint density at radius 1 is 1.05 bits per heavy atom. The monoisotopic (exact) mass is 542 g/mol. The van der Waals surface area contributed by atoms with Crippen molar-refractivity contribution in [3.8, 4) is 5.69 Å². The zero-order valence-corrected chi connectivity index (χ0v) is 23.3. The number of piperidine rings is 1. The third kappa shape index (κ3) is 6.11. The van der Waals surface area contributed by atoms with Crippen LogP contribution >= 0.6 is 23.2 Å². The summed E-state index contributed by atoms with van der Waals surface area (Å²) < 4.78 is 7.36. The van der Waals surface area contributed by atoms with Gasteiger partial charge in [-0.15, -0.1) is 0 Å². The fraction of sp³-hybridized carbons (Fsp3) is 0.393. The number of carbonyl (C=O) groups is 2. The summed E-state index contributed by atoms with van der Waals surface area (Å²) in [5.74, 6) is -0.266. The van der Waals surface area contributed by atoms with Crippen molar-refractivity contribution in [2.24, 2.45) is 0 Å². The molecule has 0 bridgehead atoms. The maximum absolute atomic E-state index is 13.5. The minimum absolute atomic E-state index is 0.00178. The Kier molecular flexibility index (Phi) is 7.85. The lowest BCUT2D eigenvalue weighted by atomic mass is 9.90. The van der Waals surface area contributed by atoms with E-state index in [1.807, 2.05) is 69.6 Å². The number of aromatic nitrogens is 2. The van der Waals surface area contributed by atoms with Crippen LogP contribution in [-0.2, 0) is 4.74 Å². The number of amides is 2. The average molecular weight is 543 g/mol. The van der Waals surface area contributed by atoms with Crippen LogP contribution in [0.4, 0.5) is 10.5 Å². The minimum atomic E-state index is -0.555. The fourth-order valence-corrected chi connectivity index (χ4v) is 4.82. The lowest BCUT2D eigenvalue weighted by Gasteiger charge is -2.34. The van der Waals surface area contributed by atoms with Gasteiger partial charge in [-0.3, -0.25) is 4.79 Å². The lowest BCUT2D eigenvalue weighted by molar-refractivity contribution is 0.0203. The molecule has 2 amide bonds. The van der Waals surface area contributed by atoms with E-state index >= 15 is 0 Å². The summed E-state index contributed by atoms with van der Waals surface area (Å²) in [7, 11) is 0. The molecule has 7 nitrogen and oxygen atoms in total. The van der Waals surface area contributed by atoms with Gasteiger partial charge in [0.25, 0.3) is 5.91 Å². The minimum Gasteiger partial charge on any atom is -0.444 e. The van der Waals surface area contributed by atoms with Crippen LogP contribution in [-0.4, -0.2) is 45.4 Å². The number of benzene rings is 2. The molecule has 0 radical (unpaired) electrons. The molecule has 3 aromatic rings. The lowest BCUT2D eigenvalue weighted by Crippen LogP contribution is -2.41. The van der Waals surface area contributed by atoms with Crippen LogP contribution in [0, 0.1) is 13.8 Å². The second-order valence-electron chi connectivity index (χ2n) is 10.4. The van der Waals surface area contributed by atoms with Gasteiger partial charge in [-0.25, -0.2) is 9.48 Å². The van der Waals surface area contributed by atoms with Crippen molar-refractivity contribution in [3.05, 3.63) is 75.0 Å². The topological polar surface area (TPSA) is 76.5 Å². The predicted octanol–water partition coefficient (Wildman–Crippen LogP) is 7.16. The molecule has 1 aromatic heterocycles. The Morgan fingerprint density at radius 3 is 2.41 bits per heavy atom. The quantitative estimate of drug-likeness (QED) is 0.379. The first-order valence-corrected chi connectivity index (χ1v) is 13.1. The predicted molar refractivity (Wildman–Crippen MR) is 147 cm³/mol. The van der Waals surface area contributed by atoms with E-state index in [4.69, 9.17) is 27.9 Å². The third-order valence-corrected chi connectivity index (χ3v) is 7.30. The number of rotatable bonds is 4. The molecule has 0 spiro atoms. The Hall–Kier alpha value is -3.03. The van der Waals surface area contributed by atoms with Gasteiger partial charge in [-0.2, -0.15) is 5.10 Å². The van der Waals surface area contributed by atoms with Crippen molar-refractivity contribution < 1.29 is 14.3 Å². The SMILES string of the molecule is Cc1ccc(NC(=O)c2cnn(-c3cccc(Cl)c3C)c2C2CCN(C(=O)OC(C)(C)C)CC2)cc1Cl. The summed E-state index contributed by atoms with van der Waals surface area (Å²) >= 11 is 12.7. The van der Waals surface area contributed by atoms with Gasteiger partial charge in [0.05, 0.1) is 23.1 Å². The standard InChI is InChI=1S/C28H32Cl2N4O3/c1-17-9-10-20(15-23(17)30)32-26(35)21-16-31-34(24-8-6-7-22(29)18(24)2)25(21)19-11-13-33(14-12-19)27(36)37-28(3,4)5/h6-10,15-16,19H,11-14H2,1-5H3,(H,32,35). The Bertz CT molecular complexity index is 1320. The van der Waals surface area contributed by atoms with Crippen LogP contribution < -0.4 is 5.32 Å². The van der Waals surface area contributed by atoms with Crippen LogP contribution in [0.2, 0.25) is 10.0 Å². The number of halogens is 2. The number of hydrogen-bond donors (Lipinski definition) is 1. The third-order valence-electron chi connectivity index (χ3n) is 6.48. The van der Waals surface area contributed by atoms with Crippen LogP contribution in [0.15, 0.2) is 42.6 Å². The van der Waals surface area contributed by atoms with Crippen molar-refractivity contribution in [3.63, 3.8) is 0 Å². The summed E-state index contributed by atoms with van der Waals surface area (Å²) in [6, 6.07) is 11.1. The van der Waals surface area contributed by atoms with Crippen LogP contribution in [0.1, 0.15) is 66.7 Å². The molecule has 0 saturated carbocycles. The Morgan fingerprint density at radius 2 is 1.76 bits per heavy atom. The number of likely N-dealkylation sites (tertiary alicyclic amines) is 1. The van der Waals surface area contributed by atoms with E-state index in [9.17, 15) is 9.59 Å². The van der Waals surface area contributed by atoms with Crippen LogP contribution in [0.3, 0.4) is 0 Å². The molecule has 37 heavy (non-hydrogen) atoms. The largest absolute Gasteiger partial charge is 0.444 e. The van der Waals surface area contributed by atoms with Crippen LogP contribution in [0.5, 0.6) is 0 Å². The summed E-state index contributed by atoms with van der Waals surface area (Å²) in [6.07, 6.45) is 2.61. The van der Waals surface area contributed by atoms with E-state index in [1.54, 1.807) is 17.2 Å². The molecular weight excluding hydrogens is 511 g/mol. The van der Waals surface area contributed by atoms with Gasteiger partial charge in [0.1, 0.15) is 5.60 Å². The number of nitrogens with zero attached hydrogens (tertiary/aromatic N) is 3. The maximum Gasteiger partial charge on any atom is 0.410 e. The first-order valence-electron chi connectivity index (χ1n) is 12.3. The molecule has 1 fully saturated rings. The van der Waals surface area contributed by atoms with Gasteiger partial charge in [0, 0.05) is 34.7 Å². The summed E-state index contributed by atoms with van der Waals surface area (Å²) in [5.41, 5.74) is 3.95. The van der Waals surface area contributed by atoms with Gasteiger partial charge >= 0.3 is 6.09 Å². The van der Waals surface area contributed by atoms with Crippen molar-refractivity contribution >= 4 is 40.9 Å². The normalized spacial score (nSPS) is 14.5. The van der Waals surface area contributed by atoms with E-state index in [0.717, 1.165) is 22.5 Å². The van der Waals surface area contributed by atoms with Crippen molar-refractivity contribution in [2.45, 2.75) is 59.0 Å². The van der Waals surface area contributed by atoms with E-state index in [0.29, 0.717) is 47.2 Å². The van der Waals surface area contributed by atoms with Gasteiger partial charge in [0.2, 0.25) is 0 Å². The summed E-state index contributed by atoms with van der Waals surface area (Å²) in [6.45, 7) is 10.5. The number of nitrogens with one attached hydrogen (secondary N) is 1. The molecule has 0 atom stereocenters. The molecule has 2 heterocycles. The molecule has 1 aliphatic heterocycles. The highest BCUT2D eigenvalue weighted by atomic mass is 35.5. The number of ether oxygens (including phenoxy) is 1. The first-order chi connectivity index (χ1) is 17.4. The van der Waals surface area contributed by atoms with Crippen LogP contribution in [0.25, 0.3) is 5.69 Å². The van der Waals surface area contributed by atoms with Gasteiger partial charge in [-0.1, -0.05) is 35.3 Å². The second-order valence-corrected chi connectivity index (χ2v) is 11.2. The smallest absolute Gasteiger partial charge is 0.410 e. The Labute approximate surface area is 227 Å². The van der Waals surface area contributed by atoms with Crippen molar-refractivity contribution in [1.82, 2.24) is 14.7 Å². The molecule has 1 saturated heterocycles. The molecule has 2 aromatic carbocycles. The molecule has 1 N–H and O–H groups in total. The maximum atomic E-state index is 13.5. The first kappa shape index (κ1) is 27.0. The van der Waals surface area contributed by atoms with Crippen molar-refractivity contribution in [2.75, 3.05) is 18.4 Å². The highest BCUT2D eigenvalue weighted by Gasteiger charge is 2.32. The number of carbonyl (C=O) groups excluding carboxylic acids is 2. The molecular formula is C28H32Cl2N4O3. The van der Waals surface area contributed by atoms with Crippen molar-refractivity contribution in [1.29, 1.82) is 0 Å². The Balaban J connectivity index is 1.66. The molecule has 4 rings (SSSR count). The molecule has 0 unspecified atom stereocenters. The highest BCUT2D eigenvalue weighted by molar-refractivity contribution is 6.32. The zero-order valence-electron chi connectivity index (χ0n) is 21.8.